The van der Waals surface area contributed by atoms with Gasteiger partial charge >= 0.3 is 18.4 Å². The first-order valence-electron chi connectivity index (χ1n) is 13.1. The number of carbonyl (C=O) groups excluding carboxylic acids is 2. The van der Waals surface area contributed by atoms with E-state index in [1.807, 2.05) is 0 Å². The van der Waals surface area contributed by atoms with Gasteiger partial charge in [0.1, 0.15) is 0 Å². The minimum Gasteiger partial charge on any atom is -0.447 e. The van der Waals surface area contributed by atoms with E-state index in [4.69, 9.17) is 9.47 Å². The second kappa shape index (κ2) is 12.9. The number of alkyl carbamates (subject to hydrolysis) is 1. The summed E-state index contributed by atoms with van der Waals surface area (Å²) in [5.74, 6) is -0.297. The molecule has 41 heavy (non-hydrogen) atoms. The van der Waals surface area contributed by atoms with Crippen molar-refractivity contribution in [1.82, 2.24) is 14.6 Å². The summed E-state index contributed by atoms with van der Waals surface area (Å²) in [6.07, 6.45) is -4.90. The zero-order chi connectivity index (χ0) is 30.7. The van der Waals surface area contributed by atoms with Crippen LogP contribution in [-0.2, 0) is 25.7 Å². The van der Waals surface area contributed by atoms with Gasteiger partial charge in [0, 0.05) is 37.3 Å². The van der Waals surface area contributed by atoms with Crippen LogP contribution in [-0.4, -0.2) is 62.2 Å². The Balaban J connectivity index is 1.98. The van der Waals surface area contributed by atoms with Crippen LogP contribution in [0.25, 0.3) is 10.4 Å². The van der Waals surface area contributed by atoms with Crippen molar-refractivity contribution < 1.29 is 40.7 Å². The minimum absolute atomic E-state index is 0.0416. The molecule has 0 spiro atoms. The van der Waals surface area contributed by atoms with Gasteiger partial charge in [0.2, 0.25) is 10.0 Å². The summed E-state index contributed by atoms with van der Waals surface area (Å²) in [6.45, 7) is 6.73. The molecule has 228 valence electrons. The Kier molecular flexibility index (Phi) is 10.3. The van der Waals surface area contributed by atoms with Crippen molar-refractivity contribution in [1.29, 1.82) is 0 Å². The number of halogens is 3. The molecule has 15 heteroatoms. The number of carbonyl (C=O) groups is 2. The molecule has 0 saturated heterocycles. The van der Waals surface area contributed by atoms with Crippen molar-refractivity contribution in [3.8, 4) is 10.4 Å². The number of nitrogens with zero attached hydrogens (tertiary/aromatic N) is 2. The number of nitrogens with one attached hydrogen (secondary N) is 2. The lowest BCUT2D eigenvalue weighted by Crippen LogP contribution is -2.38. The lowest BCUT2D eigenvalue weighted by Gasteiger charge is -2.28. The molecule has 1 saturated carbocycles. The second-order valence-electron chi connectivity index (χ2n) is 10.5. The van der Waals surface area contributed by atoms with E-state index in [1.54, 1.807) is 27.7 Å². The molecule has 0 aliphatic heterocycles. The van der Waals surface area contributed by atoms with Gasteiger partial charge in [0.15, 0.2) is 5.69 Å². The van der Waals surface area contributed by atoms with Crippen molar-refractivity contribution in [2.75, 3.05) is 19.4 Å². The van der Waals surface area contributed by atoms with E-state index in [-0.39, 0.29) is 39.2 Å². The molecule has 1 aromatic heterocycles. The van der Waals surface area contributed by atoms with E-state index < -0.39 is 45.1 Å². The van der Waals surface area contributed by atoms with Gasteiger partial charge in [-0.25, -0.2) is 27.3 Å². The Morgan fingerprint density at radius 2 is 1.61 bits per heavy atom. The standard InChI is InChI=1S/C26H35F3N4O6S2/c1-14(2)38-24(34)30-17-9-7-16(8-10-17)23-32-22(26(27,28)29)21(40-23)19-12-11-18(31-25(35)39-15(3)4)13-20(19)41(36,37)33(5)6/h11-17H,7-10H2,1-6H3,(H,30,34)(H,31,35)/t16-,17-. The first-order chi connectivity index (χ1) is 19.0. The van der Waals surface area contributed by atoms with Crippen molar-refractivity contribution in [3.05, 3.63) is 28.9 Å². The predicted octanol–water partition coefficient (Wildman–Crippen LogP) is 6.20. The summed E-state index contributed by atoms with van der Waals surface area (Å²) in [5.41, 5.74) is -1.31. The van der Waals surface area contributed by atoms with Crippen molar-refractivity contribution >= 4 is 39.2 Å². The molecular formula is C26H35F3N4O6S2. The monoisotopic (exact) mass is 620 g/mol. The molecule has 1 aromatic carbocycles. The van der Waals surface area contributed by atoms with Gasteiger partial charge in [-0.15, -0.1) is 11.3 Å². The summed E-state index contributed by atoms with van der Waals surface area (Å²) in [4.78, 5) is 27.2. The number of aromatic nitrogens is 1. The summed E-state index contributed by atoms with van der Waals surface area (Å²) >= 11 is 0.802. The number of anilines is 1. The van der Waals surface area contributed by atoms with Gasteiger partial charge in [0.25, 0.3) is 0 Å². The summed E-state index contributed by atoms with van der Waals surface area (Å²) < 4.78 is 80.2. The van der Waals surface area contributed by atoms with Crippen LogP contribution in [0.3, 0.4) is 0 Å². The van der Waals surface area contributed by atoms with Crippen LogP contribution < -0.4 is 10.6 Å². The smallest absolute Gasteiger partial charge is 0.434 e. The first kappa shape index (κ1) is 32.6. The van der Waals surface area contributed by atoms with E-state index in [0.29, 0.717) is 25.7 Å². The zero-order valence-electron chi connectivity index (χ0n) is 23.7. The molecule has 1 aliphatic rings. The Morgan fingerprint density at radius 3 is 2.15 bits per heavy atom. The summed E-state index contributed by atoms with van der Waals surface area (Å²) in [6, 6.07) is 3.49. The Morgan fingerprint density at radius 1 is 1.02 bits per heavy atom. The molecule has 2 amide bonds. The van der Waals surface area contributed by atoms with Crippen LogP contribution >= 0.6 is 11.3 Å². The number of hydrogen-bond donors (Lipinski definition) is 2. The van der Waals surface area contributed by atoms with E-state index in [2.05, 4.69) is 15.6 Å². The first-order valence-corrected chi connectivity index (χ1v) is 15.3. The molecule has 2 N–H and O–H groups in total. The van der Waals surface area contributed by atoms with E-state index in [1.165, 1.54) is 26.2 Å². The fourth-order valence-electron chi connectivity index (χ4n) is 4.34. The molecule has 2 aromatic rings. The highest BCUT2D eigenvalue weighted by atomic mass is 32.2. The van der Waals surface area contributed by atoms with Gasteiger partial charge in [-0.2, -0.15) is 13.2 Å². The normalized spacial score (nSPS) is 18.0. The molecule has 10 nitrogen and oxygen atoms in total. The van der Waals surface area contributed by atoms with Crippen LogP contribution in [0, 0.1) is 0 Å². The molecule has 0 bridgehead atoms. The molecule has 3 rings (SSSR count). The van der Waals surface area contributed by atoms with Gasteiger partial charge in [-0.3, -0.25) is 5.32 Å². The molecule has 1 aliphatic carbocycles. The lowest BCUT2D eigenvalue weighted by molar-refractivity contribution is -0.140. The third-order valence-corrected chi connectivity index (χ3v) is 9.33. The highest BCUT2D eigenvalue weighted by Gasteiger charge is 2.40. The second-order valence-corrected chi connectivity index (χ2v) is 13.6. The van der Waals surface area contributed by atoms with Gasteiger partial charge in [-0.1, -0.05) is 6.07 Å². The van der Waals surface area contributed by atoms with E-state index in [9.17, 15) is 31.2 Å². The van der Waals surface area contributed by atoms with Gasteiger partial charge < -0.3 is 14.8 Å². The highest BCUT2D eigenvalue weighted by molar-refractivity contribution is 7.89. The number of hydrogen-bond acceptors (Lipinski definition) is 8. The Hall–Kier alpha value is -2.91. The quantitative estimate of drug-likeness (QED) is 0.360. The highest BCUT2D eigenvalue weighted by Crippen LogP contribution is 2.46. The topological polar surface area (TPSA) is 127 Å². The SMILES string of the molecule is CC(C)OC(=O)Nc1ccc(-c2sc([C@H]3CC[C@H](NC(=O)OC(C)C)CC3)nc2C(F)(F)F)c(S(=O)(=O)N(C)C)c1. The number of rotatable bonds is 8. The fraction of sp³-hybridized carbons (Fsp3) is 0.577. The third kappa shape index (κ3) is 8.32. The molecule has 0 atom stereocenters. The molecule has 1 fully saturated rings. The molecule has 1 heterocycles. The number of thiazole rings is 1. The largest absolute Gasteiger partial charge is 0.447 e. The number of ether oxygens (including phenoxy) is 2. The van der Waals surface area contributed by atoms with Crippen molar-refractivity contribution in [3.63, 3.8) is 0 Å². The fourth-order valence-corrected chi connectivity index (χ4v) is 6.82. The predicted molar refractivity (Wildman–Crippen MR) is 148 cm³/mol. The summed E-state index contributed by atoms with van der Waals surface area (Å²) in [5, 5.41) is 5.44. The molecular weight excluding hydrogens is 585 g/mol. The Labute approximate surface area is 241 Å². The third-order valence-electron chi connectivity index (χ3n) is 6.23. The number of alkyl halides is 3. The van der Waals surface area contributed by atoms with Gasteiger partial charge in [-0.05, 0) is 65.5 Å². The zero-order valence-corrected chi connectivity index (χ0v) is 25.3. The number of benzene rings is 1. The van der Waals surface area contributed by atoms with Crippen molar-refractivity contribution in [2.24, 2.45) is 0 Å². The van der Waals surface area contributed by atoms with Crippen LogP contribution in [0.4, 0.5) is 28.4 Å². The Bertz CT molecular complexity index is 1350. The average molecular weight is 621 g/mol. The minimum atomic E-state index is -4.85. The van der Waals surface area contributed by atoms with Crippen LogP contribution in [0.2, 0.25) is 0 Å². The molecule has 0 radical (unpaired) electrons. The van der Waals surface area contributed by atoms with Crippen LogP contribution in [0.1, 0.15) is 70.0 Å². The maximum atomic E-state index is 14.2. The van der Waals surface area contributed by atoms with E-state index >= 15 is 0 Å². The summed E-state index contributed by atoms with van der Waals surface area (Å²) in [7, 11) is -1.72. The van der Waals surface area contributed by atoms with Crippen LogP contribution in [0.15, 0.2) is 23.1 Å². The van der Waals surface area contributed by atoms with Crippen molar-refractivity contribution in [2.45, 2.75) is 88.6 Å². The molecule has 0 unspecified atom stereocenters. The maximum Gasteiger partial charge on any atom is 0.434 e. The van der Waals surface area contributed by atoms with E-state index in [0.717, 1.165) is 21.7 Å². The van der Waals surface area contributed by atoms with Gasteiger partial charge in [0.05, 0.1) is 27.0 Å². The lowest BCUT2D eigenvalue weighted by atomic mass is 9.86. The maximum absolute atomic E-state index is 14.2. The number of amides is 2. The van der Waals surface area contributed by atoms with Crippen LogP contribution in [0.5, 0.6) is 0 Å². The average Bonchev–Trinajstić information content (AvgIpc) is 3.29. The number of sulfonamides is 1.